The Morgan fingerprint density at radius 1 is 1.67 bits per heavy atom. The first-order chi connectivity index (χ1) is 4.13. The van der Waals surface area contributed by atoms with Crippen molar-refractivity contribution in [1.29, 1.82) is 0 Å². The van der Waals surface area contributed by atoms with E-state index < -0.39 is 0 Å². The minimum absolute atomic E-state index is 0.706. The van der Waals surface area contributed by atoms with Crippen molar-refractivity contribution in [3.63, 3.8) is 0 Å². The minimum Gasteiger partial charge on any atom is -0.312 e. The molecule has 0 saturated carbocycles. The largest absolute Gasteiger partial charge is 0.312 e. The van der Waals surface area contributed by atoms with Gasteiger partial charge in [-0.1, -0.05) is 20.4 Å². The molecule has 0 saturated heterocycles. The molecular formula is C7H15NS. The van der Waals surface area contributed by atoms with Crippen molar-refractivity contribution >= 4 is 12.6 Å². The summed E-state index contributed by atoms with van der Waals surface area (Å²) in [6.07, 6.45) is 0. The van der Waals surface area contributed by atoms with E-state index in [0.29, 0.717) is 5.92 Å². The summed E-state index contributed by atoms with van der Waals surface area (Å²) in [6.45, 7) is 9.87. The third-order valence-electron chi connectivity index (χ3n) is 0.882. The van der Waals surface area contributed by atoms with Crippen LogP contribution in [-0.2, 0) is 0 Å². The molecule has 9 heavy (non-hydrogen) atoms. The molecule has 2 heteroatoms. The van der Waals surface area contributed by atoms with Gasteiger partial charge in [0.05, 0.1) is 0 Å². The predicted molar refractivity (Wildman–Crippen MR) is 45.8 cm³/mol. The molecule has 0 aliphatic carbocycles. The fourth-order valence-electron chi connectivity index (χ4n) is 0.505. The van der Waals surface area contributed by atoms with E-state index in [1.807, 2.05) is 0 Å². The van der Waals surface area contributed by atoms with Crippen LogP contribution in [-0.4, -0.2) is 13.1 Å². The monoisotopic (exact) mass is 145 g/mol. The van der Waals surface area contributed by atoms with E-state index >= 15 is 0 Å². The topological polar surface area (TPSA) is 12.0 Å². The molecule has 0 aliphatic heterocycles. The molecule has 0 unspecified atom stereocenters. The number of hydrogen-bond acceptors (Lipinski definition) is 2. The summed E-state index contributed by atoms with van der Waals surface area (Å²) in [5, 5.41) is 3.21. The third kappa shape index (κ3) is 8.05. The summed E-state index contributed by atoms with van der Waals surface area (Å²) in [5.41, 5.74) is 0. The summed E-state index contributed by atoms with van der Waals surface area (Å²) in [6, 6.07) is 0. The average Bonchev–Trinajstić information content (AvgIpc) is 1.63. The molecule has 0 heterocycles. The Morgan fingerprint density at radius 3 is 2.56 bits per heavy atom. The van der Waals surface area contributed by atoms with E-state index in [9.17, 15) is 0 Å². The first-order valence-corrected chi connectivity index (χ1v) is 3.65. The lowest BCUT2D eigenvalue weighted by Crippen LogP contribution is -2.20. The SMILES string of the molecule is C=C(S)CNCC(C)C. The standard InChI is InChI=1S/C7H15NS/c1-6(2)4-8-5-7(3)9/h6,8-9H,3-5H2,1-2H3. The van der Waals surface area contributed by atoms with Gasteiger partial charge in [0.15, 0.2) is 0 Å². The molecule has 0 spiro atoms. The van der Waals surface area contributed by atoms with Crippen LogP contribution in [0.4, 0.5) is 0 Å². The molecule has 0 atom stereocenters. The van der Waals surface area contributed by atoms with Crippen LogP contribution in [0.15, 0.2) is 11.5 Å². The Bertz CT molecular complexity index is 88.9. The summed E-state index contributed by atoms with van der Waals surface area (Å²) in [4.78, 5) is 0.899. The zero-order chi connectivity index (χ0) is 7.28. The molecule has 0 rings (SSSR count). The highest BCUT2D eigenvalue weighted by Gasteiger charge is 1.91. The molecule has 0 amide bonds. The van der Waals surface area contributed by atoms with Crippen molar-refractivity contribution in [2.45, 2.75) is 13.8 Å². The van der Waals surface area contributed by atoms with E-state index in [4.69, 9.17) is 0 Å². The van der Waals surface area contributed by atoms with Gasteiger partial charge < -0.3 is 5.32 Å². The molecule has 0 aromatic carbocycles. The van der Waals surface area contributed by atoms with Gasteiger partial charge in [-0.15, -0.1) is 12.6 Å². The number of hydrogen-bond donors (Lipinski definition) is 2. The lowest BCUT2D eigenvalue weighted by atomic mass is 10.2. The van der Waals surface area contributed by atoms with Gasteiger partial charge in [-0.3, -0.25) is 0 Å². The molecule has 0 bridgehead atoms. The average molecular weight is 145 g/mol. The fourth-order valence-corrected chi connectivity index (χ4v) is 0.617. The van der Waals surface area contributed by atoms with Crippen LogP contribution in [0.1, 0.15) is 13.8 Å². The van der Waals surface area contributed by atoms with E-state index in [0.717, 1.165) is 18.0 Å². The lowest BCUT2D eigenvalue weighted by Gasteiger charge is -2.05. The molecule has 0 aromatic heterocycles. The second-order valence-corrected chi connectivity index (χ2v) is 3.22. The molecular weight excluding hydrogens is 130 g/mol. The molecule has 0 radical (unpaired) electrons. The van der Waals surface area contributed by atoms with E-state index in [2.05, 4.69) is 38.4 Å². The molecule has 1 nitrogen and oxygen atoms in total. The Labute approximate surface area is 62.9 Å². The highest BCUT2D eigenvalue weighted by atomic mass is 32.1. The van der Waals surface area contributed by atoms with Crippen molar-refractivity contribution in [2.75, 3.05) is 13.1 Å². The van der Waals surface area contributed by atoms with Gasteiger partial charge in [0.1, 0.15) is 0 Å². The van der Waals surface area contributed by atoms with Gasteiger partial charge in [-0.25, -0.2) is 0 Å². The summed E-state index contributed by atoms with van der Waals surface area (Å²) < 4.78 is 0. The molecule has 0 aromatic rings. The second kappa shape index (κ2) is 4.89. The van der Waals surface area contributed by atoms with Gasteiger partial charge in [-0.05, 0) is 17.4 Å². The van der Waals surface area contributed by atoms with Crippen molar-refractivity contribution in [3.05, 3.63) is 11.5 Å². The maximum atomic E-state index is 4.04. The molecule has 54 valence electrons. The van der Waals surface area contributed by atoms with Crippen LogP contribution < -0.4 is 5.32 Å². The van der Waals surface area contributed by atoms with Crippen LogP contribution in [0, 0.1) is 5.92 Å². The number of nitrogens with one attached hydrogen (secondary N) is 1. The maximum absolute atomic E-state index is 4.04. The zero-order valence-electron chi connectivity index (χ0n) is 6.15. The number of thiol groups is 1. The highest BCUT2D eigenvalue weighted by Crippen LogP contribution is 1.92. The second-order valence-electron chi connectivity index (χ2n) is 2.59. The predicted octanol–water partition coefficient (Wildman–Crippen LogP) is 1.68. The third-order valence-corrected chi connectivity index (χ3v) is 1.04. The van der Waals surface area contributed by atoms with Crippen LogP contribution >= 0.6 is 12.6 Å². The lowest BCUT2D eigenvalue weighted by molar-refractivity contribution is 0.576. The Balaban J connectivity index is 3.01. The van der Waals surface area contributed by atoms with E-state index in [-0.39, 0.29) is 0 Å². The van der Waals surface area contributed by atoms with Gasteiger partial charge in [0.2, 0.25) is 0 Å². The zero-order valence-corrected chi connectivity index (χ0v) is 7.04. The Hall–Kier alpha value is 0.0500. The minimum atomic E-state index is 0.706. The van der Waals surface area contributed by atoms with Crippen molar-refractivity contribution < 1.29 is 0 Å². The van der Waals surface area contributed by atoms with Crippen LogP contribution in [0.3, 0.4) is 0 Å². The number of rotatable bonds is 4. The van der Waals surface area contributed by atoms with Crippen molar-refractivity contribution in [3.8, 4) is 0 Å². The van der Waals surface area contributed by atoms with Crippen molar-refractivity contribution in [2.24, 2.45) is 5.92 Å². The van der Waals surface area contributed by atoms with Crippen LogP contribution in [0.5, 0.6) is 0 Å². The first kappa shape index (κ1) is 9.05. The fraction of sp³-hybridized carbons (Fsp3) is 0.714. The van der Waals surface area contributed by atoms with Crippen LogP contribution in [0.25, 0.3) is 0 Å². The smallest absolute Gasteiger partial charge is 0.0256 e. The van der Waals surface area contributed by atoms with Gasteiger partial charge in [0.25, 0.3) is 0 Å². The van der Waals surface area contributed by atoms with Gasteiger partial charge in [0, 0.05) is 6.54 Å². The molecule has 0 aliphatic rings. The summed E-state index contributed by atoms with van der Waals surface area (Å²) in [5.74, 6) is 0.706. The maximum Gasteiger partial charge on any atom is 0.0256 e. The molecule has 1 N–H and O–H groups in total. The molecule has 0 fully saturated rings. The normalized spacial score (nSPS) is 10.2. The quantitative estimate of drug-likeness (QED) is 0.573. The first-order valence-electron chi connectivity index (χ1n) is 3.20. The Kier molecular flexibility index (Phi) is 4.91. The van der Waals surface area contributed by atoms with Crippen LogP contribution in [0.2, 0.25) is 0 Å². The van der Waals surface area contributed by atoms with Crippen molar-refractivity contribution in [1.82, 2.24) is 5.32 Å². The highest BCUT2D eigenvalue weighted by molar-refractivity contribution is 7.84. The Morgan fingerprint density at radius 2 is 2.22 bits per heavy atom. The van der Waals surface area contributed by atoms with E-state index in [1.165, 1.54) is 0 Å². The van der Waals surface area contributed by atoms with E-state index in [1.54, 1.807) is 0 Å². The van der Waals surface area contributed by atoms with Gasteiger partial charge in [-0.2, -0.15) is 0 Å². The summed E-state index contributed by atoms with van der Waals surface area (Å²) >= 11 is 4.04. The van der Waals surface area contributed by atoms with Gasteiger partial charge >= 0.3 is 0 Å². The summed E-state index contributed by atoms with van der Waals surface area (Å²) in [7, 11) is 0.